The van der Waals surface area contributed by atoms with Gasteiger partial charge in [-0.1, -0.05) is 87.5 Å². The fourth-order valence-electron chi connectivity index (χ4n) is 7.12. The van der Waals surface area contributed by atoms with Crippen LogP contribution in [0.25, 0.3) is 21.8 Å². The fraction of sp³-hybridized carbons (Fsp3) is 0.378. The molecule has 16 heteroatoms. The smallest absolute Gasteiger partial charge is 0.336 e. The Balaban J connectivity index is 1.42. The summed E-state index contributed by atoms with van der Waals surface area (Å²) in [6.07, 6.45) is 5.34. The van der Waals surface area contributed by atoms with Gasteiger partial charge in [-0.2, -0.15) is 0 Å². The topological polar surface area (TPSA) is 249 Å². The molecule has 0 spiro atoms. The summed E-state index contributed by atoms with van der Waals surface area (Å²) in [5.41, 5.74) is 18.0. The van der Waals surface area contributed by atoms with E-state index >= 15 is 0 Å². The Morgan fingerprint density at radius 1 is 0.639 bits per heavy atom. The van der Waals surface area contributed by atoms with Crippen molar-refractivity contribution in [3.63, 3.8) is 0 Å². The van der Waals surface area contributed by atoms with Gasteiger partial charge >= 0.3 is 6.03 Å². The third kappa shape index (κ3) is 12.9. The van der Waals surface area contributed by atoms with Crippen LogP contribution in [-0.2, 0) is 43.2 Å². The van der Waals surface area contributed by atoms with Gasteiger partial charge in [0.2, 0.25) is 23.6 Å². The van der Waals surface area contributed by atoms with E-state index < -0.39 is 53.8 Å². The molecular formula is C45H58N10O6. The van der Waals surface area contributed by atoms with Crippen LogP contribution in [0.2, 0.25) is 0 Å². The highest BCUT2D eigenvalue weighted by Gasteiger charge is 2.32. The number of amides is 7. The Morgan fingerprint density at radius 3 is 1.70 bits per heavy atom. The highest BCUT2D eigenvalue weighted by atomic mass is 16.2. The van der Waals surface area contributed by atoms with E-state index in [1.165, 1.54) is 0 Å². The molecule has 0 saturated carbocycles. The van der Waals surface area contributed by atoms with Gasteiger partial charge < -0.3 is 42.7 Å². The summed E-state index contributed by atoms with van der Waals surface area (Å²) in [6.45, 7) is 5.88. The molecule has 0 radical (unpaired) electrons. The second-order valence-electron chi connectivity index (χ2n) is 15.6. The highest BCUT2D eigenvalue weighted by molar-refractivity contribution is 5.95. The molecule has 0 aliphatic carbocycles. The molecule has 2 heterocycles. The van der Waals surface area contributed by atoms with Gasteiger partial charge in [0.05, 0.1) is 0 Å². The molecule has 5 rings (SSSR count). The molecule has 0 aliphatic rings. The number of H-pyrrole nitrogens is 2. The van der Waals surface area contributed by atoms with E-state index in [9.17, 15) is 28.8 Å². The lowest BCUT2D eigenvalue weighted by atomic mass is 10.0. The average molecular weight is 835 g/mol. The number of nitrogens with one attached hydrogen (secondary N) is 7. The van der Waals surface area contributed by atoms with Crippen LogP contribution in [0, 0.1) is 5.92 Å². The maximum absolute atomic E-state index is 14.5. The summed E-state index contributed by atoms with van der Waals surface area (Å²) in [5, 5.41) is 14.0. The number of aromatic amines is 2. The molecule has 3 aromatic carbocycles. The molecule has 4 atom stereocenters. The van der Waals surface area contributed by atoms with Gasteiger partial charge in [0.15, 0.2) is 0 Å². The Bertz CT molecular complexity index is 2270. The monoisotopic (exact) mass is 834 g/mol. The number of rotatable bonds is 21. The van der Waals surface area contributed by atoms with Gasteiger partial charge in [-0.15, -0.1) is 0 Å². The number of benzene rings is 3. The van der Waals surface area contributed by atoms with E-state index in [0.29, 0.717) is 24.9 Å². The van der Waals surface area contributed by atoms with Crippen molar-refractivity contribution in [1.29, 1.82) is 0 Å². The zero-order chi connectivity index (χ0) is 43.9. The molecule has 324 valence electrons. The maximum Gasteiger partial charge on any atom is 0.336 e. The Labute approximate surface area is 355 Å². The van der Waals surface area contributed by atoms with Crippen molar-refractivity contribution < 1.29 is 28.8 Å². The first-order valence-electron chi connectivity index (χ1n) is 20.8. The summed E-state index contributed by atoms with van der Waals surface area (Å²) < 4.78 is 0. The van der Waals surface area contributed by atoms with Crippen LogP contribution in [0.15, 0.2) is 91.3 Å². The molecular weight excluding hydrogens is 777 g/mol. The predicted octanol–water partition coefficient (Wildman–Crippen LogP) is 3.22. The van der Waals surface area contributed by atoms with Gasteiger partial charge in [-0.3, -0.25) is 29.4 Å². The Kier molecular flexibility index (Phi) is 16.4. The number of fused-ring (bicyclic) bond motifs is 2. The first kappa shape index (κ1) is 45.4. The van der Waals surface area contributed by atoms with Crippen LogP contribution in [0.4, 0.5) is 4.79 Å². The molecule has 16 nitrogen and oxygen atoms in total. The number of hydrazine groups is 1. The highest BCUT2D eigenvalue weighted by Crippen LogP contribution is 2.21. The minimum Gasteiger partial charge on any atom is -0.368 e. The summed E-state index contributed by atoms with van der Waals surface area (Å²) in [6, 6.07) is 18.9. The van der Waals surface area contributed by atoms with E-state index in [2.05, 4.69) is 36.7 Å². The van der Waals surface area contributed by atoms with Gasteiger partial charge in [0.25, 0.3) is 5.91 Å². The zero-order valence-corrected chi connectivity index (χ0v) is 35.0. The van der Waals surface area contributed by atoms with E-state index in [4.69, 9.17) is 11.5 Å². The van der Waals surface area contributed by atoms with E-state index in [1.54, 1.807) is 19.3 Å². The molecule has 0 aliphatic heterocycles. The normalized spacial score (nSPS) is 13.2. The summed E-state index contributed by atoms with van der Waals surface area (Å²) >= 11 is 0. The standard InChI is InChI=1S/C45H58N10O6/c1-4-40(56)50-39(24-31-26-49-35-19-11-9-17-33(31)35)44(60)54-55(27-28(2)3)45(61)53-38(23-30-25-48-34-18-10-8-16-32(30)34)43(59)52-37(22-29-14-6-5-7-15-29)42(58)51-36(41(47)57)20-12-13-21-46/h5-11,14-19,25-26,28,36-39,48-49H,4,12-13,20-24,27,46H2,1-3H3,(H2,47,57)(H,50,56)(H,51,58)(H,52,59)(H,53,61)(H,54,60)/t36-,37+,38-,39+/m0/s1. The molecule has 0 unspecified atom stereocenters. The first-order chi connectivity index (χ1) is 29.4. The van der Waals surface area contributed by atoms with Crippen LogP contribution in [0.3, 0.4) is 0 Å². The van der Waals surface area contributed by atoms with Gasteiger partial charge in [-0.05, 0) is 60.5 Å². The predicted molar refractivity (Wildman–Crippen MR) is 234 cm³/mol. The van der Waals surface area contributed by atoms with Crippen molar-refractivity contribution in [2.24, 2.45) is 17.4 Å². The third-order valence-electron chi connectivity index (χ3n) is 10.3. The first-order valence-corrected chi connectivity index (χ1v) is 20.8. The van der Waals surface area contributed by atoms with Crippen molar-refractivity contribution >= 4 is 57.4 Å². The van der Waals surface area contributed by atoms with E-state index in [1.807, 2.05) is 92.7 Å². The van der Waals surface area contributed by atoms with E-state index in [-0.39, 0.29) is 50.5 Å². The summed E-state index contributed by atoms with van der Waals surface area (Å²) in [4.78, 5) is 88.3. The second kappa shape index (κ2) is 22.1. The van der Waals surface area contributed by atoms with Crippen molar-refractivity contribution in [3.8, 4) is 0 Å². The minimum absolute atomic E-state index is 0.00345. The van der Waals surface area contributed by atoms with Crippen molar-refractivity contribution in [1.82, 2.24) is 41.7 Å². The van der Waals surface area contributed by atoms with Gasteiger partial charge in [0.1, 0.15) is 24.2 Å². The lowest BCUT2D eigenvalue weighted by Crippen LogP contribution is -2.61. The average Bonchev–Trinajstić information content (AvgIpc) is 3.86. The molecule has 5 aromatic rings. The zero-order valence-electron chi connectivity index (χ0n) is 35.0. The summed E-state index contributed by atoms with van der Waals surface area (Å²) in [5.74, 6) is -3.14. The number of aromatic nitrogens is 2. The number of carbonyl (C=O) groups is 6. The Morgan fingerprint density at radius 2 is 1.16 bits per heavy atom. The van der Waals surface area contributed by atoms with Crippen LogP contribution in [-0.4, -0.2) is 87.8 Å². The lowest BCUT2D eigenvalue weighted by Gasteiger charge is -2.30. The fourth-order valence-corrected chi connectivity index (χ4v) is 7.12. The minimum atomic E-state index is -1.26. The number of nitrogens with two attached hydrogens (primary N) is 2. The van der Waals surface area contributed by atoms with Gasteiger partial charge in [0, 0.05) is 66.4 Å². The van der Waals surface area contributed by atoms with Gasteiger partial charge in [-0.25, -0.2) is 9.80 Å². The number of unbranched alkanes of at least 4 members (excludes halogenated alkanes) is 1. The number of para-hydroxylation sites is 2. The van der Waals surface area contributed by atoms with Crippen LogP contribution in [0.5, 0.6) is 0 Å². The van der Waals surface area contributed by atoms with Crippen molar-refractivity contribution in [2.75, 3.05) is 13.1 Å². The number of urea groups is 1. The molecule has 2 aromatic heterocycles. The van der Waals surface area contributed by atoms with Crippen LogP contribution >= 0.6 is 0 Å². The van der Waals surface area contributed by atoms with Crippen molar-refractivity contribution in [3.05, 3.63) is 108 Å². The SMILES string of the molecule is CCC(=O)N[C@H](Cc1c[nH]c2ccccc12)C(=O)NN(CC(C)C)C(=O)N[C@@H](Cc1c[nH]c2ccccc12)C(=O)N[C@H](Cc1ccccc1)C(=O)N[C@@H](CCCCN)C(N)=O. The lowest BCUT2D eigenvalue weighted by molar-refractivity contribution is -0.132. The quantitative estimate of drug-likeness (QED) is 0.0394. The number of hydrogen-bond donors (Lipinski definition) is 9. The maximum atomic E-state index is 14.5. The Hall–Kier alpha value is -6.68. The molecule has 61 heavy (non-hydrogen) atoms. The van der Waals surface area contributed by atoms with Crippen molar-refractivity contribution in [2.45, 2.75) is 89.9 Å². The van der Waals surface area contributed by atoms with E-state index in [0.717, 1.165) is 37.9 Å². The number of nitrogens with zero attached hydrogens (tertiary/aromatic N) is 1. The number of carbonyl (C=O) groups excluding carboxylic acids is 6. The third-order valence-corrected chi connectivity index (χ3v) is 10.3. The molecule has 0 saturated heterocycles. The number of primary amides is 1. The number of hydrogen-bond acceptors (Lipinski definition) is 7. The molecule has 11 N–H and O–H groups in total. The summed E-state index contributed by atoms with van der Waals surface area (Å²) in [7, 11) is 0. The largest absolute Gasteiger partial charge is 0.368 e. The van der Waals surface area contributed by atoms with Crippen LogP contribution < -0.4 is 38.2 Å². The molecule has 7 amide bonds. The second-order valence-corrected chi connectivity index (χ2v) is 15.6. The molecule has 0 bridgehead atoms. The van der Waals surface area contributed by atoms with Crippen LogP contribution in [0.1, 0.15) is 63.1 Å². The molecule has 0 fully saturated rings.